The molecule has 0 radical (unpaired) electrons. The molecular formula is C15H20ClNO3. The lowest BCUT2D eigenvalue weighted by Gasteiger charge is -2.18. The Kier molecular flexibility index (Phi) is 6.02. The highest BCUT2D eigenvalue weighted by atomic mass is 35.5. The molecule has 0 bridgehead atoms. The number of hydrogen-bond acceptors (Lipinski definition) is 3. The maximum atomic E-state index is 12.2. The fourth-order valence-electron chi connectivity index (χ4n) is 1.89. The number of carbonyl (C=O) groups is 2. The third kappa shape index (κ3) is 4.23. The Labute approximate surface area is 124 Å². The predicted octanol–water partition coefficient (Wildman–Crippen LogP) is 2.97. The van der Waals surface area contributed by atoms with Crippen LogP contribution in [0.4, 0.5) is 0 Å². The smallest absolute Gasteiger partial charge is 0.328 e. The molecule has 1 amide bonds. The van der Waals surface area contributed by atoms with Crippen LogP contribution >= 0.6 is 11.6 Å². The van der Waals surface area contributed by atoms with Crippen LogP contribution < -0.4 is 5.32 Å². The Bertz CT molecular complexity index is 500. The molecule has 1 unspecified atom stereocenters. The van der Waals surface area contributed by atoms with Crippen molar-refractivity contribution in [3.8, 4) is 0 Å². The lowest BCUT2D eigenvalue weighted by atomic mass is 10.0. The quantitative estimate of drug-likeness (QED) is 0.850. The third-order valence-corrected chi connectivity index (χ3v) is 3.44. The highest BCUT2D eigenvalue weighted by Crippen LogP contribution is 2.20. The summed E-state index contributed by atoms with van der Waals surface area (Å²) < 4.78 is 4.72. The predicted molar refractivity (Wildman–Crippen MR) is 78.9 cm³/mol. The number of nitrogens with one attached hydrogen (secondary N) is 1. The van der Waals surface area contributed by atoms with Crippen LogP contribution in [-0.2, 0) is 9.53 Å². The summed E-state index contributed by atoms with van der Waals surface area (Å²) in [4.78, 5) is 23.9. The minimum absolute atomic E-state index is 0.257. The number of rotatable bonds is 5. The number of esters is 1. The van der Waals surface area contributed by atoms with Gasteiger partial charge in [-0.25, -0.2) is 4.79 Å². The van der Waals surface area contributed by atoms with Gasteiger partial charge in [0, 0.05) is 0 Å². The Hall–Kier alpha value is -1.55. The van der Waals surface area contributed by atoms with E-state index in [-0.39, 0.29) is 11.8 Å². The molecule has 1 N–H and O–H groups in total. The fraction of sp³-hybridized carbons (Fsp3) is 0.467. The van der Waals surface area contributed by atoms with Crippen LogP contribution in [0, 0.1) is 12.8 Å². The zero-order valence-corrected chi connectivity index (χ0v) is 13.0. The minimum Gasteiger partial charge on any atom is -0.467 e. The van der Waals surface area contributed by atoms with Gasteiger partial charge < -0.3 is 10.1 Å². The van der Waals surface area contributed by atoms with E-state index in [9.17, 15) is 9.59 Å². The summed E-state index contributed by atoms with van der Waals surface area (Å²) in [6.07, 6.45) is 0.516. The van der Waals surface area contributed by atoms with Gasteiger partial charge in [-0.15, -0.1) is 0 Å². The van der Waals surface area contributed by atoms with Crippen molar-refractivity contribution in [3.63, 3.8) is 0 Å². The van der Waals surface area contributed by atoms with E-state index in [1.54, 1.807) is 12.1 Å². The van der Waals surface area contributed by atoms with E-state index in [1.807, 2.05) is 26.8 Å². The molecular weight excluding hydrogens is 278 g/mol. The number of benzene rings is 1. The number of carbonyl (C=O) groups excluding carboxylic acids is 2. The number of aryl methyl sites for hydroxylation is 1. The molecule has 0 aliphatic carbocycles. The van der Waals surface area contributed by atoms with Gasteiger partial charge in [0.05, 0.1) is 17.7 Å². The second-order valence-electron chi connectivity index (χ2n) is 5.12. The van der Waals surface area contributed by atoms with Crippen molar-refractivity contribution in [2.24, 2.45) is 5.92 Å². The van der Waals surface area contributed by atoms with Crippen LogP contribution in [0.5, 0.6) is 0 Å². The SMILES string of the molecule is COC(=O)C(CC(C)C)NC(=O)c1cccc(C)c1Cl. The number of hydrogen-bond donors (Lipinski definition) is 1. The molecule has 0 heterocycles. The highest BCUT2D eigenvalue weighted by molar-refractivity contribution is 6.34. The monoisotopic (exact) mass is 297 g/mol. The highest BCUT2D eigenvalue weighted by Gasteiger charge is 2.24. The summed E-state index contributed by atoms with van der Waals surface area (Å²) in [5.41, 5.74) is 1.18. The topological polar surface area (TPSA) is 55.4 Å². The Morgan fingerprint density at radius 1 is 1.35 bits per heavy atom. The maximum absolute atomic E-state index is 12.2. The largest absolute Gasteiger partial charge is 0.467 e. The molecule has 5 heteroatoms. The van der Waals surface area contributed by atoms with E-state index in [2.05, 4.69) is 5.32 Å². The minimum atomic E-state index is -0.663. The molecule has 0 aliphatic heterocycles. The molecule has 1 atom stereocenters. The molecule has 0 spiro atoms. The molecule has 0 aliphatic rings. The van der Waals surface area contributed by atoms with Crippen LogP contribution in [0.3, 0.4) is 0 Å². The van der Waals surface area contributed by atoms with Gasteiger partial charge in [-0.05, 0) is 30.9 Å². The van der Waals surface area contributed by atoms with Crippen LogP contribution in [-0.4, -0.2) is 25.0 Å². The van der Waals surface area contributed by atoms with Gasteiger partial charge in [0.25, 0.3) is 5.91 Å². The number of halogens is 1. The number of amides is 1. The van der Waals surface area contributed by atoms with Crippen molar-refractivity contribution >= 4 is 23.5 Å². The van der Waals surface area contributed by atoms with Crippen LogP contribution in [0.15, 0.2) is 18.2 Å². The molecule has 1 aromatic rings. The van der Waals surface area contributed by atoms with E-state index in [0.717, 1.165) is 5.56 Å². The molecule has 1 rings (SSSR count). The lowest BCUT2D eigenvalue weighted by Crippen LogP contribution is -2.42. The van der Waals surface area contributed by atoms with Crippen LogP contribution in [0.25, 0.3) is 0 Å². The van der Waals surface area contributed by atoms with Crippen molar-refractivity contribution in [2.45, 2.75) is 33.2 Å². The van der Waals surface area contributed by atoms with E-state index in [1.165, 1.54) is 7.11 Å². The number of methoxy groups -OCH3 is 1. The Morgan fingerprint density at radius 3 is 2.55 bits per heavy atom. The summed E-state index contributed by atoms with van der Waals surface area (Å²) >= 11 is 6.11. The summed E-state index contributed by atoms with van der Waals surface area (Å²) in [7, 11) is 1.31. The maximum Gasteiger partial charge on any atom is 0.328 e. The summed E-state index contributed by atoms with van der Waals surface area (Å²) in [5, 5.41) is 3.09. The van der Waals surface area contributed by atoms with Gasteiger partial charge in [-0.2, -0.15) is 0 Å². The summed E-state index contributed by atoms with van der Waals surface area (Å²) in [6.45, 7) is 5.77. The van der Waals surface area contributed by atoms with Crippen molar-refractivity contribution in [3.05, 3.63) is 34.3 Å². The summed E-state index contributed by atoms with van der Waals surface area (Å²) in [5.74, 6) is -0.557. The second-order valence-corrected chi connectivity index (χ2v) is 5.49. The van der Waals surface area contributed by atoms with E-state index in [4.69, 9.17) is 16.3 Å². The number of ether oxygens (including phenoxy) is 1. The van der Waals surface area contributed by atoms with Crippen molar-refractivity contribution < 1.29 is 14.3 Å². The Balaban J connectivity index is 2.90. The second kappa shape index (κ2) is 7.29. The lowest BCUT2D eigenvalue weighted by molar-refractivity contribution is -0.143. The van der Waals surface area contributed by atoms with E-state index < -0.39 is 12.0 Å². The molecule has 0 saturated carbocycles. The average Bonchev–Trinajstić information content (AvgIpc) is 2.39. The Morgan fingerprint density at radius 2 is 2.00 bits per heavy atom. The molecule has 110 valence electrons. The van der Waals surface area contributed by atoms with Gasteiger partial charge in [-0.3, -0.25) is 4.79 Å². The zero-order chi connectivity index (χ0) is 15.3. The standard InChI is InChI=1S/C15H20ClNO3/c1-9(2)8-12(15(19)20-4)17-14(18)11-7-5-6-10(3)13(11)16/h5-7,9,12H,8H2,1-4H3,(H,17,18). The zero-order valence-electron chi connectivity index (χ0n) is 12.2. The molecule has 0 fully saturated rings. The van der Waals surface area contributed by atoms with Gasteiger partial charge >= 0.3 is 5.97 Å². The van der Waals surface area contributed by atoms with Crippen molar-refractivity contribution in [1.29, 1.82) is 0 Å². The van der Waals surface area contributed by atoms with E-state index in [0.29, 0.717) is 17.0 Å². The van der Waals surface area contributed by atoms with E-state index >= 15 is 0 Å². The molecule has 1 aromatic carbocycles. The van der Waals surface area contributed by atoms with Gasteiger partial charge in [0.1, 0.15) is 6.04 Å². The summed E-state index contributed by atoms with van der Waals surface area (Å²) in [6, 6.07) is 4.55. The first-order valence-electron chi connectivity index (χ1n) is 6.50. The molecule has 20 heavy (non-hydrogen) atoms. The van der Waals surface area contributed by atoms with Gasteiger partial charge in [-0.1, -0.05) is 37.6 Å². The molecule has 0 aromatic heterocycles. The normalized spacial score (nSPS) is 12.1. The van der Waals surface area contributed by atoms with Crippen LogP contribution in [0.1, 0.15) is 36.2 Å². The fourth-order valence-corrected chi connectivity index (χ4v) is 2.10. The first-order chi connectivity index (χ1) is 9.36. The first kappa shape index (κ1) is 16.5. The average molecular weight is 298 g/mol. The third-order valence-electron chi connectivity index (χ3n) is 2.93. The first-order valence-corrected chi connectivity index (χ1v) is 6.88. The van der Waals surface area contributed by atoms with Gasteiger partial charge in [0.2, 0.25) is 0 Å². The van der Waals surface area contributed by atoms with Crippen LogP contribution in [0.2, 0.25) is 5.02 Å². The molecule has 0 saturated heterocycles. The van der Waals surface area contributed by atoms with Gasteiger partial charge in [0.15, 0.2) is 0 Å². The molecule has 4 nitrogen and oxygen atoms in total. The van der Waals surface area contributed by atoms with Crippen molar-refractivity contribution in [2.75, 3.05) is 7.11 Å². The van der Waals surface area contributed by atoms with Crippen molar-refractivity contribution in [1.82, 2.24) is 5.32 Å².